The Morgan fingerprint density at radius 2 is 1.48 bits per heavy atom. The van der Waals surface area contributed by atoms with Crippen LogP contribution in [0, 0.1) is 0 Å². The number of benzene rings is 2. The topological polar surface area (TPSA) is 128 Å². The Hall–Kier alpha value is -3.60. The number of ether oxygens (including phenoxy) is 3. The maximum Gasteiger partial charge on any atom is 0.337 e. The second-order valence-electron chi connectivity index (χ2n) is 7.01. The second kappa shape index (κ2) is 10.8. The molecule has 0 heterocycles. The first-order valence-corrected chi connectivity index (χ1v) is 11.7. The summed E-state index contributed by atoms with van der Waals surface area (Å²) in [6.07, 6.45) is 0.513. The average molecular weight is 479 g/mol. The molecule has 11 heteroatoms. The molecule has 0 aliphatic heterocycles. The summed E-state index contributed by atoms with van der Waals surface area (Å²) >= 11 is 0. The molecule has 33 heavy (non-hydrogen) atoms. The maximum absolute atomic E-state index is 12.8. The molecule has 0 spiro atoms. The highest BCUT2D eigenvalue weighted by atomic mass is 32.2. The van der Waals surface area contributed by atoms with Crippen molar-refractivity contribution in [1.29, 1.82) is 0 Å². The van der Waals surface area contributed by atoms with Crippen molar-refractivity contribution >= 4 is 39.2 Å². The third kappa shape index (κ3) is 6.69. The summed E-state index contributed by atoms with van der Waals surface area (Å²) in [6.45, 7) is 1.75. The van der Waals surface area contributed by atoms with Gasteiger partial charge in [-0.3, -0.25) is 9.10 Å². The van der Waals surface area contributed by atoms with E-state index in [2.05, 4.69) is 5.32 Å². The average Bonchev–Trinajstić information content (AvgIpc) is 2.80. The number of hydrogen-bond donors (Lipinski definition) is 1. The third-order valence-electron chi connectivity index (χ3n) is 4.68. The number of carbonyl (C=O) groups is 3. The summed E-state index contributed by atoms with van der Waals surface area (Å²) in [5.74, 6) is -1.51. The number of methoxy groups -OCH3 is 2. The van der Waals surface area contributed by atoms with Crippen LogP contribution in [0.25, 0.3) is 0 Å². The van der Waals surface area contributed by atoms with Gasteiger partial charge in [0.05, 0.1) is 37.3 Å². The maximum atomic E-state index is 12.8. The van der Waals surface area contributed by atoms with Gasteiger partial charge in [-0.1, -0.05) is 6.92 Å². The molecule has 0 unspecified atom stereocenters. The van der Waals surface area contributed by atoms with Gasteiger partial charge in [0.1, 0.15) is 5.75 Å². The van der Waals surface area contributed by atoms with E-state index in [1.54, 1.807) is 31.2 Å². The van der Waals surface area contributed by atoms with Crippen molar-refractivity contribution in [3.63, 3.8) is 0 Å². The van der Waals surface area contributed by atoms with Crippen LogP contribution in [0.3, 0.4) is 0 Å². The number of rotatable bonds is 9. The fourth-order valence-electron chi connectivity index (χ4n) is 2.81. The zero-order valence-corrected chi connectivity index (χ0v) is 19.8. The van der Waals surface area contributed by atoms with E-state index in [0.29, 0.717) is 17.9 Å². The standard InChI is InChI=1S/C22H26N2O8S/c1-6-19(32-18-9-7-17(8-10-18)24(2)33(5,28)29)20(25)23-16-12-14(21(26)30-3)11-15(13-16)22(27)31-4/h7-13,19H,6H2,1-5H3,(H,23,25)/t19-/m0/s1. The summed E-state index contributed by atoms with van der Waals surface area (Å²) in [4.78, 5) is 36.7. The van der Waals surface area contributed by atoms with Crippen molar-refractivity contribution in [2.75, 3.05) is 37.1 Å². The minimum Gasteiger partial charge on any atom is -0.481 e. The van der Waals surface area contributed by atoms with Gasteiger partial charge in [-0.25, -0.2) is 18.0 Å². The van der Waals surface area contributed by atoms with E-state index in [4.69, 9.17) is 14.2 Å². The zero-order chi connectivity index (χ0) is 24.8. The largest absolute Gasteiger partial charge is 0.481 e. The lowest BCUT2D eigenvalue weighted by Gasteiger charge is -2.20. The molecule has 1 amide bonds. The molecule has 2 rings (SSSR count). The molecule has 0 radical (unpaired) electrons. The van der Waals surface area contributed by atoms with Crippen LogP contribution in [-0.2, 0) is 24.3 Å². The highest BCUT2D eigenvalue weighted by Gasteiger charge is 2.21. The second-order valence-corrected chi connectivity index (χ2v) is 9.02. The van der Waals surface area contributed by atoms with Crippen LogP contribution >= 0.6 is 0 Å². The highest BCUT2D eigenvalue weighted by Crippen LogP contribution is 2.22. The van der Waals surface area contributed by atoms with E-state index in [0.717, 1.165) is 10.6 Å². The molecule has 2 aromatic rings. The SMILES string of the molecule is CC[C@H](Oc1ccc(N(C)S(C)(=O)=O)cc1)C(=O)Nc1cc(C(=O)OC)cc(C(=O)OC)c1. The number of nitrogens with zero attached hydrogens (tertiary/aromatic N) is 1. The summed E-state index contributed by atoms with van der Waals surface area (Å²) in [7, 11) is 0.423. The van der Waals surface area contributed by atoms with Gasteiger partial charge < -0.3 is 19.5 Å². The Morgan fingerprint density at radius 1 is 0.970 bits per heavy atom. The van der Waals surface area contributed by atoms with Gasteiger partial charge >= 0.3 is 11.9 Å². The van der Waals surface area contributed by atoms with E-state index in [9.17, 15) is 22.8 Å². The van der Waals surface area contributed by atoms with E-state index >= 15 is 0 Å². The van der Waals surface area contributed by atoms with Gasteiger partial charge in [-0.15, -0.1) is 0 Å². The van der Waals surface area contributed by atoms with Crippen LogP contribution in [0.2, 0.25) is 0 Å². The lowest BCUT2D eigenvalue weighted by molar-refractivity contribution is -0.122. The normalized spacial score (nSPS) is 11.8. The Balaban J connectivity index is 2.21. The lowest BCUT2D eigenvalue weighted by atomic mass is 10.1. The first kappa shape index (κ1) is 25.7. The van der Waals surface area contributed by atoms with Crippen LogP contribution in [0.15, 0.2) is 42.5 Å². The number of anilines is 2. The summed E-state index contributed by atoms with van der Waals surface area (Å²) < 4.78 is 39.6. The Morgan fingerprint density at radius 3 is 1.91 bits per heavy atom. The number of nitrogens with one attached hydrogen (secondary N) is 1. The molecule has 10 nitrogen and oxygen atoms in total. The van der Waals surface area contributed by atoms with Crippen molar-refractivity contribution in [3.8, 4) is 5.75 Å². The molecule has 2 aromatic carbocycles. The smallest absolute Gasteiger partial charge is 0.337 e. The van der Waals surface area contributed by atoms with Gasteiger partial charge in [0.15, 0.2) is 6.10 Å². The Labute approximate surface area is 192 Å². The number of hydrogen-bond acceptors (Lipinski definition) is 8. The number of esters is 2. The van der Waals surface area contributed by atoms with Gasteiger partial charge in [-0.05, 0) is 48.9 Å². The van der Waals surface area contributed by atoms with E-state index in [-0.39, 0.29) is 16.8 Å². The first-order chi connectivity index (χ1) is 15.5. The molecule has 1 atom stereocenters. The fourth-order valence-corrected chi connectivity index (χ4v) is 3.31. The highest BCUT2D eigenvalue weighted by molar-refractivity contribution is 7.92. The van der Waals surface area contributed by atoms with Gasteiger partial charge in [0, 0.05) is 12.7 Å². The molecular formula is C22H26N2O8S. The monoisotopic (exact) mass is 478 g/mol. The molecule has 0 saturated heterocycles. The first-order valence-electron chi connectivity index (χ1n) is 9.83. The van der Waals surface area contributed by atoms with Crippen LogP contribution in [0.1, 0.15) is 34.1 Å². The van der Waals surface area contributed by atoms with Crippen molar-refractivity contribution in [3.05, 3.63) is 53.6 Å². The summed E-state index contributed by atoms with van der Waals surface area (Å²) in [6, 6.07) is 10.3. The molecule has 0 fully saturated rings. The van der Waals surface area contributed by atoms with Crippen molar-refractivity contribution in [2.24, 2.45) is 0 Å². The minimum atomic E-state index is -3.41. The van der Waals surface area contributed by atoms with Gasteiger partial charge in [-0.2, -0.15) is 0 Å². The van der Waals surface area contributed by atoms with Crippen LogP contribution in [-0.4, -0.2) is 59.9 Å². The summed E-state index contributed by atoms with van der Waals surface area (Å²) in [5.41, 5.74) is 0.762. The van der Waals surface area contributed by atoms with Crippen molar-refractivity contribution in [2.45, 2.75) is 19.4 Å². The van der Waals surface area contributed by atoms with Crippen molar-refractivity contribution in [1.82, 2.24) is 0 Å². The van der Waals surface area contributed by atoms with Crippen LogP contribution < -0.4 is 14.4 Å². The van der Waals surface area contributed by atoms with E-state index in [1.807, 2.05) is 0 Å². The third-order valence-corrected chi connectivity index (χ3v) is 5.89. The summed E-state index contributed by atoms with van der Waals surface area (Å²) in [5, 5.41) is 2.63. The predicted octanol–water partition coefficient (Wildman–Crippen LogP) is 2.45. The van der Waals surface area contributed by atoms with Gasteiger partial charge in [0.2, 0.25) is 10.0 Å². The fraction of sp³-hybridized carbons (Fsp3) is 0.318. The molecule has 0 aliphatic carbocycles. The predicted molar refractivity (Wildman–Crippen MR) is 122 cm³/mol. The molecule has 0 aromatic heterocycles. The number of sulfonamides is 1. The van der Waals surface area contributed by atoms with Crippen molar-refractivity contribution < 1.29 is 37.0 Å². The minimum absolute atomic E-state index is 0.0650. The number of amides is 1. The Bertz CT molecular complexity index is 1100. The Kier molecular flexibility index (Phi) is 8.41. The molecule has 0 saturated carbocycles. The molecule has 0 aliphatic rings. The van der Waals surface area contributed by atoms with Gasteiger partial charge in [0.25, 0.3) is 5.91 Å². The molecule has 0 bridgehead atoms. The zero-order valence-electron chi connectivity index (χ0n) is 18.9. The van der Waals surface area contributed by atoms with E-state index < -0.39 is 34.0 Å². The van der Waals surface area contributed by atoms with E-state index in [1.165, 1.54) is 39.5 Å². The lowest BCUT2D eigenvalue weighted by Crippen LogP contribution is -2.32. The molecule has 178 valence electrons. The van der Waals surface area contributed by atoms with Crippen LogP contribution in [0.4, 0.5) is 11.4 Å². The quantitative estimate of drug-likeness (QED) is 0.544. The molecular weight excluding hydrogens is 452 g/mol. The van der Waals surface area contributed by atoms with Crippen LogP contribution in [0.5, 0.6) is 5.75 Å². The molecule has 1 N–H and O–H groups in total. The number of carbonyl (C=O) groups excluding carboxylic acids is 3.